The molecule has 0 bridgehead atoms. The summed E-state index contributed by atoms with van der Waals surface area (Å²) in [7, 11) is 0. The van der Waals surface area contributed by atoms with Crippen LogP contribution in [0.25, 0.3) is 11.0 Å². The maximum absolute atomic E-state index is 12.9. The van der Waals surface area contributed by atoms with Crippen molar-refractivity contribution in [1.82, 2.24) is 20.3 Å². The van der Waals surface area contributed by atoms with E-state index in [9.17, 15) is 19.2 Å². The van der Waals surface area contributed by atoms with Crippen molar-refractivity contribution in [2.45, 2.75) is 45.6 Å². The summed E-state index contributed by atoms with van der Waals surface area (Å²) in [6.07, 6.45) is 1.02. The summed E-state index contributed by atoms with van der Waals surface area (Å²) in [6.45, 7) is 3.73. The molecule has 0 aliphatic carbocycles. The molecule has 3 aromatic heterocycles. The molecule has 0 fully saturated rings. The van der Waals surface area contributed by atoms with Crippen molar-refractivity contribution in [3.8, 4) is 11.8 Å². The molecular formula is C24H27N5O6S. The smallest absolute Gasteiger partial charge is 0.328 e. The molecule has 0 saturated heterocycles. The summed E-state index contributed by atoms with van der Waals surface area (Å²) in [5.74, 6) is 4.50. The monoisotopic (exact) mass is 513 g/mol. The number of aromatic nitrogens is 3. The molecule has 0 aliphatic rings. The number of nitrogen functional groups attached to an aromatic ring is 1. The van der Waals surface area contributed by atoms with E-state index < -0.39 is 23.9 Å². The number of nitrogens with two attached hydrogens (primary N) is 1. The van der Waals surface area contributed by atoms with Crippen LogP contribution in [0.5, 0.6) is 0 Å². The fraction of sp³-hybridized carbons (Fsp3) is 0.375. The van der Waals surface area contributed by atoms with Gasteiger partial charge in [-0.3, -0.25) is 19.4 Å². The van der Waals surface area contributed by atoms with Gasteiger partial charge < -0.3 is 25.5 Å². The van der Waals surface area contributed by atoms with E-state index in [0.717, 1.165) is 5.69 Å². The van der Waals surface area contributed by atoms with E-state index in [0.29, 0.717) is 34.3 Å². The van der Waals surface area contributed by atoms with Crippen LogP contribution < -0.4 is 16.6 Å². The number of fused-ring (bicyclic) bond motifs is 1. The number of aryl methyl sites for hydroxylation is 1. The Morgan fingerprint density at radius 2 is 2.00 bits per heavy atom. The third-order valence-corrected chi connectivity index (χ3v) is 5.92. The van der Waals surface area contributed by atoms with Crippen LogP contribution in [-0.4, -0.2) is 52.1 Å². The SMILES string of the molecule is CCOC(=O)CC[C@H](NC(=O)c1sccc1C#CCCc1cc2c(=O)[nH]c(N)nc2[nH]1)C(=O)OCC. The summed E-state index contributed by atoms with van der Waals surface area (Å²) in [5.41, 5.74) is 6.96. The maximum Gasteiger partial charge on any atom is 0.328 e. The number of amides is 1. The summed E-state index contributed by atoms with van der Waals surface area (Å²) in [5, 5.41) is 4.80. The fourth-order valence-electron chi connectivity index (χ4n) is 3.38. The van der Waals surface area contributed by atoms with E-state index in [1.165, 1.54) is 11.3 Å². The molecule has 0 saturated carbocycles. The Labute approximate surface area is 210 Å². The van der Waals surface area contributed by atoms with Gasteiger partial charge in [-0.2, -0.15) is 4.98 Å². The number of H-pyrrole nitrogens is 2. The molecule has 0 aliphatic heterocycles. The quantitative estimate of drug-likeness (QED) is 0.235. The van der Waals surface area contributed by atoms with Crippen molar-refractivity contribution in [2.24, 2.45) is 0 Å². The number of hydrogen-bond donors (Lipinski definition) is 4. The van der Waals surface area contributed by atoms with Gasteiger partial charge in [0.15, 0.2) is 0 Å². The molecule has 12 heteroatoms. The Morgan fingerprint density at radius 3 is 2.75 bits per heavy atom. The Balaban J connectivity index is 1.64. The lowest BCUT2D eigenvalue weighted by Crippen LogP contribution is -2.42. The van der Waals surface area contributed by atoms with Gasteiger partial charge in [0.1, 0.15) is 16.6 Å². The van der Waals surface area contributed by atoms with Crippen LogP contribution >= 0.6 is 11.3 Å². The number of carbonyl (C=O) groups is 3. The first kappa shape index (κ1) is 26.5. The standard InChI is InChI=1S/C24H27N5O6S/c1-3-34-18(30)10-9-17(23(33)35-4-2)27-22(32)19-14(11-12-36-19)7-5-6-8-15-13-16-20(26-15)28-24(25)29-21(16)31/h11-13,17H,3-4,6,8-10H2,1-2H3,(H,27,32)(H4,25,26,28,29,31)/t17-/m0/s1. The zero-order valence-electron chi connectivity index (χ0n) is 19.9. The molecule has 0 spiro atoms. The van der Waals surface area contributed by atoms with Gasteiger partial charge in [0.2, 0.25) is 5.95 Å². The van der Waals surface area contributed by atoms with E-state index in [2.05, 4.69) is 32.1 Å². The number of rotatable bonds is 10. The normalized spacial score (nSPS) is 11.4. The molecule has 36 heavy (non-hydrogen) atoms. The molecule has 11 nitrogen and oxygen atoms in total. The maximum atomic E-state index is 12.9. The summed E-state index contributed by atoms with van der Waals surface area (Å²) >= 11 is 1.19. The minimum atomic E-state index is -0.988. The molecule has 1 atom stereocenters. The van der Waals surface area contributed by atoms with Crippen LogP contribution in [0.1, 0.15) is 54.0 Å². The number of ether oxygens (including phenoxy) is 2. The molecule has 0 aromatic carbocycles. The van der Waals surface area contributed by atoms with Crippen molar-refractivity contribution >= 4 is 46.2 Å². The number of esters is 2. The lowest BCUT2D eigenvalue weighted by Gasteiger charge is -2.16. The summed E-state index contributed by atoms with van der Waals surface area (Å²) in [4.78, 5) is 58.7. The Morgan fingerprint density at radius 1 is 1.22 bits per heavy atom. The summed E-state index contributed by atoms with van der Waals surface area (Å²) in [6, 6.07) is 2.44. The van der Waals surface area contributed by atoms with Crippen molar-refractivity contribution in [1.29, 1.82) is 0 Å². The van der Waals surface area contributed by atoms with Gasteiger partial charge in [0.05, 0.1) is 18.6 Å². The van der Waals surface area contributed by atoms with E-state index in [-0.39, 0.29) is 37.6 Å². The van der Waals surface area contributed by atoms with Crippen molar-refractivity contribution in [3.63, 3.8) is 0 Å². The largest absolute Gasteiger partial charge is 0.466 e. The van der Waals surface area contributed by atoms with Crippen LogP contribution in [-0.2, 0) is 25.5 Å². The Hall–Kier alpha value is -4.11. The molecule has 3 rings (SSSR count). The second-order valence-corrected chi connectivity index (χ2v) is 8.51. The lowest BCUT2D eigenvalue weighted by molar-refractivity contribution is -0.146. The first-order chi connectivity index (χ1) is 17.3. The van der Waals surface area contributed by atoms with Gasteiger partial charge in [-0.25, -0.2) is 4.79 Å². The first-order valence-corrected chi connectivity index (χ1v) is 12.3. The van der Waals surface area contributed by atoms with Gasteiger partial charge in [0, 0.05) is 24.1 Å². The van der Waals surface area contributed by atoms with Crippen molar-refractivity contribution < 1.29 is 23.9 Å². The minimum absolute atomic E-state index is 0.0313. The Bertz CT molecular complexity index is 1360. The zero-order chi connectivity index (χ0) is 26.1. The molecule has 0 radical (unpaired) electrons. The average molecular weight is 514 g/mol. The van der Waals surface area contributed by atoms with Gasteiger partial charge >= 0.3 is 11.9 Å². The number of aromatic amines is 2. The first-order valence-electron chi connectivity index (χ1n) is 11.4. The molecule has 0 unspecified atom stereocenters. The predicted octanol–water partition coefficient (Wildman–Crippen LogP) is 1.88. The predicted molar refractivity (Wildman–Crippen MR) is 134 cm³/mol. The third kappa shape index (κ3) is 6.96. The number of thiophene rings is 1. The van der Waals surface area contributed by atoms with Crippen LogP contribution in [0.3, 0.4) is 0 Å². The topological polar surface area (TPSA) is 169 Å². The number of anilines is 1. The highest BCUT2D eigenvalue weighted by atomic mass is 32.1. The van der Waals surface area contributed by atoms with E-state index in [1.807, 2.05) is 0 Å². The van der Waals surface area contributed by atoms with Crippen molar-refractivity contribution in [2.75, 3.05) is 18.9 Å². The van der Waals surface area contributed by atoms with E-state index >= 15 is 0 Å². The van der Waals surface area contributed by atoms with E-state index in [1.54, 1.807) is 31.4 Å². The molecule has 3 heterocycles. The minimum Gasteiger partial charge on any atom is -0.466 e. The van der Waals surface area contributed by atoms with Gasteiger partial charge in [-0.1, -0.05) is 11.8 Å². The van der Waals surface area contributed by atoms with Gasteiger partial charge in [-0.15, -0.1) is 11.3 Å². The lowest BCUT2D eigenvalue weighted by atomic mass is 10.1. The number of carbonyl (C=O) groups excluding carboxylic acids is 3. The number of nitrogens with one attached hydrogen (secondary N) is 3. The van der Waals surface area contributed by atoms with Gasteiger partial charge in [0.25, 0.3) is 11.5 Å². The average Bonchev–Trinajstić information content (AvgIpc) is 3.46. The molecule has 190 valence electrons. The number of nitrogens with zero attached hydrogens (tertiary/aromatic N) is 1. The van der Waals surface area contributed by atoms with Crippen LogP contribution in [0.4, 0.5) is 5.95 Å². The second-order valence-electron chi connectivity index (χ2n) is 7.59. The van der Waals surface area contributed by atoms with Crippen LogP contribution in [0, 0.1) is 11.8 Å². The zero-order valence-corrected chi connectivity index (χ0v) is 20.8. The molecule has 5 N–H and O–H groups in total. The Kier molecular flexibility index (Phi) is 9.24. The highest BCUT2D eigenvalue weighted by Gasteiger charge is 2.25. The van der Waals surface area contributed by atoms with Crippen LogP contribution in [0.15, 0.2) is 22.3 Å². The molecular weight excluding hydrogens is 486 g/mol. The highest BCUT2D eigenvalue weighted by Crippen LogP contribution is 2.17. The number of hydrogen-bond acceptors (Lipinski definition) is 9. The highest BCUT2D eigenvalue weighted by molar-refractivity contribution is 7.12. The second kappa shape index (κ2) is 12.6. The molecule has 3 aromatic rings. The third-order valence-electron chi connectivity index (χ3n) is 5.00. The fourth-order valence-corrected chi connectivity index (χ4v) is 4.13. The van der Waals surface area contributed by atoms with E-state index in [4.69, 9.17) is 15.2 Å². The summed E-state index contributed by atoms with van der Waals surface area (Å²) < 4.78 is 9.93. The van der Waals surface area contributed by atoms with Crippen molar-refractivity contribution in [3.05, 3.63) is 44.0 Å². The molecule has 1 amide bonds. The van der Waals surface area contributed by atoms with Gasteiger partial charge in [-0.05, 0) is 44.2 Å². The van der Waals surface area contributed by atoms with Crippen LogP contribution in [0.2, 0.25) is 0 Å².